The lowest BCUT2D eigenvalue weighted by atomic mass is 9.90. The van der Waals surface area contributed by atoms with Crippen LogP contribution in [-0.4, -0.2) is 18.5 Å². The molecular formula is C18H22O4. The fourth-order valence-corrected chi connectivity index (χ4v) is 2.54. The van der Waals surface area contributed by atoms with Crippen LogP contribution in [0.1, 0.15) is 49.4 Å². The summed E-state index contributed by atoms with van der Waals surface area (Å²) in [6.07, 6.45) is 5.90. The molecule has 0 heterocycles. The van der Waals surface area contributed by atoms with Gasteiger partial charge >= 0.3 is 11.9 Å². The maximum Gasteiger partial charge on any atom is 0.341 e. The quantitative estimate of drug-likeness (QED) is 0.470. The molecule has 1 fully saturated rings. The summed E-state index contributed by atoms with van der Waals surface area (Å²) in [6, 6.07) is 6.61. The van der Waals surface area contributed by atoms with Crippen molar-refractivity contribution in [3.63, 3.8) is 0 Å². The highest BCUT2D eigenvalue weighted by Gasteiger charge is 2.19. The molecule has 0 aliphatic heterocycles. The van der Waals surface area contributed by atoms with Crippen molar-refractivity contribution in [3.8, 4) is 5.75 Å². The van der Waals surface area contributed by atoms with E-state index in [9.17, 15) is 9.59 Å². The number of rotatable bonds is 5. The summed E-state index contributed by atoms with van der Waals surface area (Å²) in [5.74, 6) is -0.338. The minimum Gasteiger partial charge on any atom is -0.462 e. The van der Waals surface area contributed by atoms with Gasteiger partial charge in [0.1, 0.15) is 11.3 Å². The molecule has 0 bridgehead atoms. The number of hydrogen-bond donors (Lipinski definition) is 0. The van der Waals surface area contributed by atoms with Crippen LogP contribution < -0.4 is 4.74 Å². The molecule has 0 aromatic heterocycles. The second-order valence-corrected chi connectivity index (χ2v) is 5.77. The van der Waals surface area contributed by atoms with E-state index in [-0.39, 0.29) is 16.9 Å². The summed E-state index contributed by atoms with van der Waals surface area (Å²) in [4.78, 5) is 23.8. The maximum absolute atomic E-state index is 12.2. The molecule has 4 heteroatoms. The van der Waals surface area contributed by atoms with Crippen molar-refractivity contribution < 1.29 is 19.1 Å². The third-order valence-electron chi connectivity index (χ3n) is 3.83. The zero-order valence-electron chi connectivity index (χ0n) is 13.0. The second kappa shape index (κ2) is 7.78. The van der Waals surface area contributed by atoms with Gasteiger partial charge in [0.15, 0.2) is 0 Å². The largest absolute Gasteiger partial charge is 0.462 e. The van der Waals surface area contributed by atoms with Crippen molar-refractivity contribution in [3.05, 3.63) is 42.0 Å². The predicted molar refractivity (Wildman–Crippen MR) is 83.7 cm³/mol. The molecule has 0 amide bonds. The Kier molecular flexibility index (Phi) is 5.75. The molecule has 0 saturated heterocycles. The van der Waals surface area contributed by atoms with Gasteiger partial charge in [0.2, 0.25) is 0 Å². The molecule has 118 valence electrons. The Morgan fingerprint density at radius 1 is 1.18 bits per heavy atom. The highest BCUT2D eigenvalue weighted by molar-refractivity contribution is 5.95. The molecule has 0 radical (unpaired) electrons. The zero-order chi connectivity index (χ0) is 15.9. The lowest BCUT2D eigenvalue weighted by Gasteiger charge is -2.21. The minimum absolute atomic E-state index is 0.212. The number of esters is 2. The van der Waals surface area contributed by atoms with Crippen LogP contribution in [0.5, 0.6) is 5.75 Å². The Morgan fingerprint density at radius 3 is 2.55 bits per heavy atom. The van der Waals surface area contributed by atoms with Crippen molar-refractivity contribution in [2.75, 3.05) is 6.61 Å². The van der Waals surface area contributed by atoms with E-state index in [0.717, 1.165) is 12.8 Å². The van der Waals surface area contributed by atoms with Gasteiger partial charge in [0.25, 0.3) is 0 Å². The van der Waals surface area contributed by atoms with Gasteiger partial charge in [-0.1, -0.05) is 38.0 Å². The van der Waals surface area contributed by atoms with Crippen LogP contribution in [0.3, 0.4) is 0 Å². The molecule has 0 N–H and O–H groups in total. The molecule has 1 aliphatic rings. The maximum atomic E-state index is 12.2. The number of hydrogen-bond acceptors (Lipinski definition) is 4. The zero-order valence-corrected chi connectivity index (χ0v) is 13.0. The summed E-state index contributed by atoms with van der Waals surface area (Å²) in [5.41, 5.74) is 0.554. The van der Waals surface area contributed by atoms with E-state index in [0.29, 0.717) is 12.5 Å². The van der Waals surface area contributed by atoms with E-state index >= 15 is 0 Å². The number of carbonyl (C=O) groups is 2. The molecule has 4 nitrogen and oxygen atoms in total. The van der Waals surface area contributed by atoms with Crippen LogP contribution in [0, 0.1) is 5.92 Å². The van der Waals surface area contributed by atoms with Crippen LogP contribution in [0.2, 0.25) is 0 Å². The van der Waals surface area contributed by atoms with Crippen molar-refractivity contribution in [2.24, 2.45) is 5.92 Å². The number of ether oxygens (including phenoxy) is 2. The van der Waals surface area contributed by atoms with E-state index in [2.05, 4.69) is 6.58 Å². The van der Waals surface area contributed by atoms with Gasteiger partial charge in [0, 0.05) is 5.57 Å². The molecule has 1 saturated carbocycles. The van der Waals surface area contributed by atoms with Gasteiger partial charge < -0.3 is 9.47 Å². The first-order chi connectivity index (χ1) is 10.6. The van der Waals surface area contributed by atoms with Crippen molar-refractivity contribution in [1.29, 1.82) is 0 Å². The molecule has 0 spiro atoms. The first-order valence-corrected chi connectivity index (χ1v) is 7.71. The van der Waals surface area contributed by atoms with Crippen molar-refractivity contribution in [2.45, 2.75) is 39.0 Å². The number of para-hydroxylation sites is 1. The molecule has 2 rings (SSSR count). The fraction of sp³-hybridized carbons (Fsp3) is 0.444. The van der Waals surface area contributed by atoms with Gasteiger partial charge in [-0.25, -0.2) is 9.59 Å². The second-order valence-electron chi connectivity index (χ2n) is 5.77. The van der Waals surface area contributed by atoms with E-state index < -0.39 is 11.9 Å². The lowest BCUT2D eigenvalue weighted by Crippen LogP contribution is -2.18. The Morgan fingerprint density at radius 2 is 1.86 bits per heavy atom. The van der Waals surface area contributed by atoms with E-state index in [1.165, 1.54) is 19.3 Å². The summed E-state index contributed by atoms with van der Waals surface area (Å²) < 4.78 is 10.6. The summed E-state index contributed by atoms with van der Waals surface area (Å²) in [6.45, 7) is 5.53. The summed E-state index contributed by atoms with van der Waals surface area (Å²) >= 11 is 0. The minimum atomic E-state index is -0.549. The van der Waals surface area contributed by atoms with Gasteiger partial charge in [-0.2, -0.15) is 0 Å². The number of carbonyl (C=O) groups excluding carboxylic acids is 2. The standard InChI is InChI=1S/C18H22O4/c1-13(2)17(19)22-16-11-7-6-10-15(16)18(20)21-12-14-8-4-3-5-9-14/h6-7,10-11,14H,1,3-5,8-9,12H2,2H3. The first-order valence-electron chi connectivity index (χ1n) is 7.71. The topological polar surface area (TPSA) is 52.6 Å². The number of benzene rings is 1. The summed E-state index contributed by atoms with van der Waals surface area (Å²) in [5, 5.41) is 0. The van der Waals surface area contributed by atoms with Crippen LogP contribution in [0.25, 0.3) is 0 Å². The average Bonchev–Trinajstić information content (AvgIpc) is 2.54. The molecule has 22 heavy (non-hydrogen) atoms. The molecule has 0 atom stereocenters. The Hall–Kier alpha value is -2.10. The Balaban J connectivity index is 1.99. The van der Waals surface area contributed by atoms with Crippen LogP contribution in [0.15, 0.2) is 36.4 Å². The van der Waals surface area contributed by atoms with E-state index in [4.69, 9.17) is 9.47 Å². The van der Waals surface area contributed by atoms with Crippen LogP contribution >= 0.6 is 0 Å². The fourth-order valence-electron chi connectivity index (χ4n) is 2.54. The SMILES string of the molecule is C=C(C)C(=O)Oc1ccccc1C(=O)OCC1CCCCC1. The van der Waals surface area contributed by atoms with Crippen molar-refractivity contribution in [1.82, 2.24) is 0 Å². The molecular weight excluding hydrogens is 280 g/mol. The molecule has 1 aromatic rings. The average molecular weight is 302 g/mol. The Labute approximate surface area is 131 Å². The monoisotopic (exact) mass is 302 g/mol. The van der Waals surface area contributed by atoms with Gasteiger partial charge in [-0.15, -0.1) is 0 Å². The van der Waals surface area contributed by atoms with E-state index in [1.54, 1.807) is 31.2 Å². The third-order valence-corrected chi connectivity index (χ3v) is 3.83. The first kappa shape index (κ1) is 16.3. The van der Waals surface area contributed by atoms with E-state index in [1.807, 2.05) is 0 Å². The van der Waals surface area contributed by atoms with Crippen LogP contribution in [0.4, 0.5) is 0 Å². The van der Waals surface area contributed by atoms with Gasteiger partial charge in [-0.3, -0.25) is 0 Å². The Bertz CT molecular complexity index is 556. The molecule has 0 unspecified atom stereocenters. The van der Waals surface area contributed by atoms with Crippen molar-refractivity contribution >= 4 is 11.9 Å². The highest BCUT2D eigenvalue weighted by atomic mass is 16.5. The van der Waals surface area contributed by atoms with Gasteiger partial charge in [0.05, 0.1) is 6.61 Å². The lowest BCUT2D eigenvalue weighted by molar-refractivity contribution is -0.130. The van der Waals surface area contributed by atoms with Gasteiger partial charge in [-0.05, 0) is 37.8 Å². The van der Waals surface area contributed by atoms with Crippen LogP contribution in [-0.2, 0) is 9.53 Å². The third kappa shape index (κ3) is 4.45. The molecule has 1 aromatic carbocycles. The molecule has 1 aliphatic carbocycles. The predicted octanol–water partition coefficient (Wildman–Crippen LogP) is 3.91. The smallest absolute Gasteiger partial charge is 0.341 e. The normalized spacial score (nSPS) is 15.1. The summed E-state index contributed by atoms with van der Waals surface area (Å²) in [7, 11) is 0. The highest BCUT2D eigenvalue weighted by Crippen LogP contribution is 2.25.